The van der Waals surface area contributed by atoms with Crippen molar-refractivity contribution < 1.29 is 14.1 Å². The summed E-state index contributed by atoms with van der Waals surface area (Å²) in [6.07, 6.45) is 6.96. The Labute approximate surface area is 188 Å². The molecular weight excluding hydrogens is 408 g/mol. The van der Waals surface area contributed by atoms with Crippen molar-refractivity contribution in [1.29, 1.82) is 0 Å². The monoisotopic (exact) mass is 440 g/mol. The smallest absolute Gasteiger partial charge is 0.272 e. The summed E-state index contributed by atoms with van der Waals surface area (Å²) in [5.41, 5.74) is 6.85. The SMILES string of the molecule is Cc1cc(C(=O)N2CC[C@@](Cc3cc(C4CCCCC4)no3)(C(=O)N(C)C)C2)nc(N)n1. The maximum atomic E-state index is 13.3. The van der Waals surface area contributed by atoms with E-state index in [0.29, 0.717) is 43.3 Å². The standard InChI is InChI=1S/C23H32N6O3/c1-15-11-19(26-22(24)25-15)20(30)29-10-9-23(14-29,21(31)28(2)3)13-17-12-18(27-32-17)16-7-5-4-6-8-16/h11-12,16H,4-10,13-14H2,1-3H3,(H2,24,25,26)/t23-/m0/s1. The molecule has 2 aromatic rings. The molecule has 32 heavy (non-hydrogen) atoms. The van der Waals surface area contributed by atoms with Gasteiger partial charge >= 0.3 is 0 Å². The van der Waals surface area contributed by atoms with Gasteiger partial charge in [-0.2, -0.15) is 0 Å². The molecular formula is C23H32N6O3. The van der Waals surface area contributed by atoms with Gasteiger partial charge in [-0.25, -0.2) is 9.97 Å². The molecule has 0 unspecified atom stereocenters. The summed E-state index contributed by atoms with van der Waals surface area (Å²) < 4.78 is 5.69. The van der Waals surface area contributed by atoms with Gasteiger partial charge in [0.1, 0.15) is 11.5 Å². The molecule has 1 atom stereocenters. The zero-order valence-corrected chi connectivity index (χ0v) is 19.1. The number of nitrogens with two attached hydrogens (primary N) is 1. The van der Waals surface area contributed by atoms with E-state index in [1.807, 2.05) is 6.07 Å². The van der Waals surface area contributed by atoms with Gasteiger partial charge in [0, 0.05) is 51.3 Å². The van der Waals surface area contributed by atoms with E-state index in [4.69, 9.17) is 10.3 Å². The van der Waals surface area contributed by atoms with Crippen molar-refractivity contribution in [1.82, 2.24) is 24.9 Å². The van der Waals surface area contributed by atoms with Crippen LogP contribution < -0.4 is 5.73 Å². The lowest BCUT2D eigenvalue weighted by atomic mass is 9.80. The van der Waals surface area contributed by atoms with Crippen LogP contribution in [-0.2, 0) is 11.2 Å². The van der Waals surface area contributed by atoms with Gasteiger partial charge in [0.25, 0.3) is 5.91 Å². The highest BCUT2D eigenvalue weighted by molar-refractivity contribution is 5.94. The third-order valence-electron chi connectivity index (χ3n) is 6.70. The number of carbonyl (C=O) groups excluding carboxylic acids is 2. The van der Waals surface area contributed by atoms with E-state index in [-0.39, 0.29) is 23.5 Å². The second kappa shape index (κ2) is 8.88. The van der Waals surface area contributed by atoms with E-state index >= 15 is 0 Å². The van der Waals surface area contributed by atoms with Gasteiger partial charge in [-0.1, -0.05) is 24.4 Å². The van der Waals surface area contributed by atoms with Crippen molar-refractivity contribution in [2.45, 2.75) is 57.8 Å². The molecule has 0 spiro atoms. The van der Waals surface area contributed by atoms with Crippen LogP contribution in [0.1, 0.15) is 72.1 Å². The first-order valence-electron chi connectivity index (χ1n) is 11.3. The summed E-state index contributed by atoms with van der Waals surface area (Å²) in [6.45, 7) is 2.53. The molecule has 0 radical (unpaired) electrons. The molecule has 1 saturated carbocycles. The first-order valence-corrected chi connectivity index (χ1v) is 11.3. The number of nitrogen functional groups attached to an aromatic ring is 1. The van der Waals surface area contributed by atoms with Crippen molar-refractivity contribution in [3.63, 3.8) is 0 Å². The highest BCUT2D eigenvalue weighted by Crippen LogP contribution is 2.38. The van der Waals surface area contributed by atoms with Gasteiger partial charge in [-0.3, -0.25) is 9.59 Å². The Bertz CT molecular complexity index is 977. The van der Waals surface area contributed by atoms with E-state index in [1.165, 1.54) is 19.3 Å². The third-order valence-corrected chi connectivity index (χ3v) is 6.70. The lowest BCUT2D eigenvalue weighted by molar-refractivity contribution is -0.139. The fraction of sp³-hybridized carbons (Fsp3) is 0.609. The molecule has 2 N–H and O–H groups in total. The van der Waals surface area contributed by atoms with Gasteiger partial charge in [0.15, 0.2) is 0 Å². The molecule has 9 heteroatoms. The Balaban J connectivity index is 1.55. The fourth-order valence-electron chi connectivity index (χ4n) is 5.11. The van der Waals surface area contributed by atoms with Crippen molar-refractivity contribution in [2.24, 2.45) is 5.41 Å². The number of aromatic nitrogens is 3. The average Bonchev–Trinajstić information content (AvgIpc) is 3.41. The number of carbonyl (C=O) groups is 2. The summed E-state index contributed by atoms with van der Waals surface area (Å²) in [5.74, 6) is 0.963. The number of likely N-dealkylation sites (tertiary alicyclic amines) is 1. The molecule has 3 heterocycles. The van der Waals surface area contributed by atoms with Crippen molar-refractivity contribution >= 4 is 17.8 Å². The van der Waals surface area contributed by atoms with E-state index in [9.17, 15) is 9.59 Å². The van der Waals surface area contributed by atoms with Crippen molar-refractivity contribution in [3.8, 4) is 0 Å². The van der Waals surface area contributed by atoms with Crippen LogP contribution in [0, 0.1) is 12.3 Å². The number of anilines is 1. The summed E-state index contributed by atoms with van der Waals surface area (Å²) in [6, 6.07) is 3.64. The normalized spacial score (nSPS) is 21.7. The minimum absolute atomic E-state index is 0.0122. The topological polar surface area (TPSA) is 118 Å². The molecule has 1 aliphatic carbocycles. The molecule has 4 rings (SSSR count). The van der Waals surface area contributed by atoms with Crippen molar-refractivity contribution in [3.05, 3.63) is 35.0 Å². The first kappa shape index (κ1) is 22.2. The highest BCUT2D eigenvalue weighted by atomic mass is 16.5. The molecule has 0 aromatic carbocycles. The maximum absolute atomic E-state index is 13.3. The van der Waals surface area contributed by atoms with Crippen molar-refractivity contribution in [2.75, 3.05) is 32.9 Å². The van der Waals surface area contributed by atoms with Gasteiger partial charge < -0.3 is 20.1 Å². The maximum Gasteiger partial charge on any atom is 0.272 e. The predicted molar refractivity (Wildman–Crippen MR) is 119 cm³/mol. The lowest BCUT2D eigenvalue weighted by Crippen LogP contribution is -2.44. The van der Waals surface area contributed by atoms with E-state index < -0.39 is 5.41 Å². The minimum Gasteiger partial charge on any atom is -0.368 e. The quantitative estimate of drug-likeness (QED) is 0.759. The molecule has 172 valence electrons. The second-order valence-corrected chi connectivity index (χ2v) is 9.44. The van der Waals surface area contributed by atoms with Crippen LogP contribution in [0.3, 0.4) is 0 Å². The summed E-state index contributed by atoms with van der Waals surface area (Å²) >= 11 is 0. The van der Waals surface area contributed by atoms with Crippen LogP contribution in [-0.4, -0.2) is 63.9 Å². The Kier molecular flexibility index (Phi) is 6.17. The molecule has 2 amide bonds. The number of hydrogen-bond acceptors (Lipinski definition) is 7. The average molecular weight is 441 g/mol. The van der Waals surface area contributed by atoms with Crippen LogP contribution in [0.2, 0.25) is 0 Å². The molecule has 9 nitrogen and oxygen atoms in total. The Morgan fingerprint density at radius 2 is 1.97 bits per heavy atom. The molecule has 2 fully saturated rings. The van der Waals surface area contributed by atoms with Gasteiger partial charge in [0.05, 0.1) is 11.1 Å². The van der Waals surface area contributed by atoms with E-state index in [2.05, 4.69) is 15.1 Å². The number of nitrogens with zero attached hydrogens (tertiary/aromatic N) is 5. The van der Waals surface area contributed by atoms with E-state index in [0.717, 1.165) is 18.5 Å². The molecule has 1 aliphatic heterocycles. The molecule has 2 aromatic heterocycles. The molecule has 1 saturated heterocycles. The Morgan fingerprint density at radius 1 is 1.22 bits per heavy atom. The van der Waals surface area contributed by atoms with E-state index in [1.54, 1.807) is 36.9 Å². The van der Waals surface area contributed by atoms with Gasteiger partial charge in [-0.05, 0) is 32.3 Å². The largest absolute Gasteiger partial charge is 0.368 e. The predicted octanol–water partition coefficient (Wildman–Crippen LogP) is 2.57. The molecule has 0 bridgehead atoms. The van der Waals surface area contributed by atoms with Crippen LogP contribution in [0.4, 0.5) is 5.95 Å². The van der Waals surface area contributed by atoms with Crippen LogP contribution in [0.5, 0.6) is 0 Å². The lowest BCUT2D eigenvalue weighted by Gasteiger charge is -2.30. The zero-order chi connectivity index (χ0) is 22.9. The highest BCUT2D eigenvalue weighted by Gasteiger charge is 2.48. The third kappa shape index (κ3) is 4.47. The number of amides is 2. The second-order valence-electron chi connectivity index (χ2n) is 9.44. The number of rotatable bonds is 5. The van der Waals surface area contributed by atoms with Crippen LogP contribution >= 0.6 is 0 Å². The van der Waals surface area contributed by atoms with Crippen LogP contribution in [0.25, 0.3) is 0 Å². The molecule has 2 aliphatic rings. The van der Waals surface area contributed by atoms with Crippen LogP contribution in [0.15, 0.2) is 16.7 Å². The van der Waals surface area contributed by atoms with Gasteiger partial charge in [-0.15, -0.1) is 0 Å². The summed E-state index contributed by atoms with van der Waals surface area (Å²) in [4.78, 5) is 37.8. The fourth-order valence-corrected chi connectivity index (χ4v) is 5.11. The number of aryl methyl sites for hydroxylation is 1. The Hall–Kier alpha value is -2.97. The Morgan fingerprint density at radius 3 is 2.66 bits per heavy atom. The number of hydrogen-bond donors (Lipinski definition) is 1. The minimum atomic E-state index is -0.754. The summed E-state index contributed by atoms with van der Waals surface area (Å²) in [7, 11) is 3.49. The zero-order valence-electron chi connectivity index (χ0n) is 19.1. The first-order chi connectivity index (χ1) is 15.3. The van der Waals surface area contributed by atoms with Gasteiger partial charge in [0.2, 0.25) is 11.9 Å². The summed E-state index contributed by atoms with van der Waals surface area (Å²) in [5, 5.41) is 4.33.